The average Bonchev–Trinajstić information content (AvgIpc) is 2.04. The summed E-state index contributed by atoms with van der Waals surface area (Å²) in [5, 5.41) is 0. The Morgan fingerprint density at radius 1 is 1.54 bits per heavy atom. The zero-order valence-corrected chi connectivity index (χ0v) is 7.88. The minimum Gasteiger partial charge on any atom is -0.304 e. The molecule has 0 spiro atoms. The van der Waals surface area contributed by atoms with Crippen molar-refractivity contribution in [2.45, 2.75) is 19.8 Å². The Balaban J connectivity index is 2.88. The van der Waals surface area contributed by atoms with Crippen LogP contribution < -0.4 is 5.90 Å². The van der Waals surface area contributed by atoms with Gasteiger partial charge < -0.3 is 4.84 Å². The molecule has 0 amide bonds. The third-order valence-corrected chi connectivity index (χ3v) is 2.11. The molecule has 1 rings (SSSR count). The van der Waals surface area contributed by atoms with Crippen LogP contribution in [0.1, 0.15) is 24.0 Å². The van der Waals surface area contributed by atoms with Crippen molar-refractivity contribution in [3.63, 3.8) is 0 Å². The number of hydrogen-bond donors (Lipinski definition) is 1. The summed E-state index contributed by atoms with van der Waals surface area (Å²) in [6, 6.07) is 4.74. The van der Waals surface area contributed by atoms with E-state index >= 15 is 0 Å². The number of aryl methyl sites for hydroxylation is 1. The zero-order chi connectivity index (χ0) is 9.84. The number of nitrogens with two attached hydrogens (primary N) is 1. The normalized spacial score (nSPS) is 12.9. The molecule has 0 bridgehead atoms. The predicted molar refractivity (Wildman–Crippen MR) is 49.7 cm³/mol. The molecule has 1 unspecified atom stereocenters. The summed E-state index contributed by atoms with van der Waals surface area (Å²) in [7, 11) is 0. The van der Waals surface area contributed by atoms with E-state index in [0.29, 0.717) is 6.61 Å². The molecule has 3 heteroatoms. The van der Waals surface area contributed by atoms with Crippen molar-refractivity contribution in [1.29, 1.82) is 0 Å². The largest absolute Gasteiger partial charge is 0.304 e. The Morgan fingerprint density at radius 2 is 2.23 bits per heavy atom. The molecule has 0 aliphatic carbocycles. The maximum absolute atomic E-state index is 12.7. The summed E-state index contributed by atoms with van der Waals surface area (Å²) < 4.78 is 12.7. The highest BCUT2D eigenvalue weighted by molar-refractivity contribution is 5.29. The third kappa shape index (κ3) is 2.50. The molecule has 2 N–H and O–H groups in total. The minimum absolute atomic E-state index is 0.200. The first-order valence-corrected chi connectivity index (χ1v) is 4.23. The van der Waals surface area contributed by atoms with Gasteiger partial charge in [0.05, 0.1) is 6.61 Å². The van der Waals surface area contributed by atoms with E-state index in [1.165, 1.54) is 12.1 Å². The average molecular weight is 183 g/mol. The quantitative estimate of drug-likeness (QED) is 0.728. The van der Waals surface area contributed by atoms with Crippen molar-refractivity contribution >= 4 is 0 Å². The van der Waals surface area contributed by atoms with Gasteiger partial charge in [0.2, 0.25) is 0 Å². The highest BCUT2D eigenvalue weighted by Crippen LogP contribution is 2.19. The van der Waals surface area contributed by atoms with Crippen LogP contribution in [0.4, 0.5) is 4.39 Å². The van der Waals surface area contributed by atoms with E-state index < -0.39 is 0 Å². The van der Waals surface area contributed by atoms with E-state index in [2.05, 4.69) is 4.84 Å². The van der Waals surface area contributed by atoms with E-state index in [9.17, 15) is 4.39 Å². The van der Waals surface area contributed by atoms with Crippen LogP contribution in [0.2, 0.25) is 0 Å². The Labute approximate surface area is 77.5 Å². The molecule has 72 valence electrons. The van der Waals surface area contributed by atoms with Crippen molar-refractivity contribution < 1.29 is 9.23 Å². The summed E-state index contributed by atoms with van der Waals surface area (Å²) in [4.78, 5) is 4.55. The molecule has 0 aliphatic rings. The molecule has 0 aliphatic heterocycles. The molecule has 0 aromatic heterocycles. The van der Waals surface area contributed by atoms with Crippen LogP contribution >= 0.6 is 0 Å². The lowest BCUT2D eigenvalue weighted by Gasteiger charge is -2.12. The fourth-order valence-corrected chi connectivity index (χ4v) is 1.43. The first-order valence-electron chi connectivity index (χ1n) is 4.23. The van der Waals surface area contributed by atoms with Gasteiger partial charge in [0.25, 0.3) is 0 Å². The van der Waals surface area contributed by atoms with Crippen LogP contribution in [0.25, 0.3) is 0 Å². The lowest BCUT2D eigenvalue weighted by molar-refractivity contribution is 0.126. The SMILES string of the molecule is Cc1cc(F)ccc1C(C)CON. The number of hydrogen-bond acceptors (Lipinski definition) is 2. The van der Waals surface area contributed by atoms with Gasteiger partial charge in [-0.2, -0.15) is 0 Å². The maximum Gasteiger partial charge on any atom is 0.123 e. The topological polar surface area (TPSA) is 35.2 Å². The van der Waals surface area contributed by atoms with Gasteiger partial charge in [-0.25, -0.2) is 10.3 Å². The van der Waals surface area contributed by atoms with E-state index in [-0.39, 0.29) is 11.7 Å². The summed E-state index contributed by atoms with van der Waals surface area (Å²) in [6.45, 7) is 4.32. The van der Waals surface area contributed by atoms with Gasteiger partial charge in [-0.1, -0.05) is 13.0 Å². The Hall–Kier alpha value is -0.930. The van der Waals surface area contributed by atoms with Gasteiger partial charge in [-0.3, -0.25) is 0 Å². The molecule has 0 saturated carbocycles. The fourth-order valence-electron chi connectivity index (χ4n) is 1.43. The van der Waals surface area contributed by atoms with E-state index in [1.54, 1.807) is 6.07 Å². The van der Waals surface area contributed by atoms with E-state index in [4.69, 9.17) is 5.90 Å². The number of rotatable bonds is 3. The minimum atomic E-state index is -0.206. The van der Waals surface area contributed by atoms with Gasteiger partial charge in [0.15, 0.2) is 0 Å². The highest BCUT2D eigenvalue weighted by Gasteiger charge is 2.08. The standard InChI is InChI=1S/C10H14FNO/c1-7-5-9(11)3-4-10(7)8(2)6-13-12/h3-5,8H,6,12H2,1-2H3. The second-order valence-corrected chi connectivity index (χ2v) is 3.24. The van der Waals surface area contributed by atoms with Crippen LogP contribution in [-0.4, -0.2) is 6.61 Å². The van der Waals surface area contributed by atoms with Crippen LogP contribution in [0.3, 0.4) is 0 Å². The molecule has 0 radical (unpaired) electrons. The molecular weight excluding hydrogens is 169 g/mol. The molecule has 13 heavy (non-hydrogen) atoms. The van der Waals surface area contributed by atoms with Crippen LogP contribution in [0, 0.1) is 12.7 Å². The summed E-state index contributed by atoms with van der Waals surface area (Å²) >= 11 is 0. The fraction of sp³-hybridized carbons (Fsp3) is 0.400. The van der Waals surface area contributed by atoms with Crippen molar-refractivity contribution in [2.24, 2.45) is 5.90 Å². The van der Waals surface area contributed by atoms with Crippen molar-refractivity contribution in [2.75, 3.05) is 6.61 Å². The third-order valence-electron chi connectivity index (χ3n) is 2.11. The molecule has 1 aromatic carbocycles. The van der Waals surface area contributed by atoms with Crippen LogP contribution in [0.15, 0.2) is 18.2 Å². The van der Waals surface area contributed by atoms with Crippen molar-refractivity contribution in [1.82, 2.24) is 0 Å². The highest BCUT2D eigenvalue weighted by atomic mass is 19.1. The molecule has 1 atom stereocenters. The Bertz CT molecular complexity index is 288. The van der Waals surface area contributed by atoms with Gasteiger partial charge in [-0.05, 0) is 30.2 Å². The predicted octanol–water partition coefficient (Wildman–Crippen LogP) is 2.13. The number of benzene rings is 1. The Kier molecular flexibility index (Phi) is 3.39. The maximum atomic E-state index is 12.7. The Morgan fingerprint density at radius 3 is 2.77 bits per heavy atom. The monoisotopic (exact) mass is 183 g/mol. The zero-order valence-electron chi connectivity index (χ0n) is 7.88. The molecular formula is C10H14FNO. The number of halogens is 1. The van der Waals surface area contributed by atoms with E-state index in [0.717, 1.165) is 11.1 Å². The van der Waals surface area contributed by atoms with Gasteiger partial charge in [-0.15, -0.1) is 0 Å². The first-order chi connectivity index (χ1) is 6.15. The molecule has 0 fully saturated rings. The second kappa shape index (κ2) is 4.35. The van der Waals surface area contributed by atoms with Gasteiger partial charge in [0, 0.05) is 5.92 Å². The summed E-state index contributed by atoms with van der Waals surface area (Å²) in [5.74, 6) is 4.97. The van der Waals surface area contributed by atoms with Gasteiger partial charge in [0.1, 0.15) is 5.82 Å². The lowest BCUT2D eigenvalue weighted by Crippen LogP contribution is -2.09. The van der Waals surface area contributed by atoms with Crippen LogP contribution in [0.5, 0.6) is 0 Å². The molecule has 0 heterocycles. The second-order valence-electron chi connectivity index (χ2n) is 3.24. The molecule has 1 aromatic rings. The van der Waals surface area contributed by atoms with Crippen molar-refractivity contribution in [3.05, 3.63) is 35.1 Å². The molecule has 2 nitrogen and oxygen atoms in total. The smallest absolute Gasteiger partial charge is 0.123 e. The van der Waals surface area contributed by atoms with E-state index in [1.807, 2.05) is 13.8 Å². The lowest BCUT2D eigenvalue weighted by atomic mass is 9.97. The summed E-state index contributed by atoms with van der Waals surface area (Å²) in [5.41, 5.74) is 2.01. The molecule has 0 saturated heterocycles. The van der Waals surface area contributed by atoms with Crippen molar-refractivity contribution in [3.8, 4) is 0 Å². The summed E-state index contributed by atoms with van der Waals surface area (Å²) in [6.07, 6.45) is 0. The van der Waals surface area contributed by atoms with Crippen LogP contribution in [-0.2, 0) is 4.84 Å². The first kappa shape index (κ1) is 10.2. The van der Waals surface area contributed by atoms with Gasteiger partial charge >= 0.3 is 0 Å².